The minimum atomic E-state index is -1.36. The average Bonchev–Trinajstić information content (AvgIpc) is 2.66. The number of halogens is 1. The number of aliphatic hydroxyl groups excluding tert-OH is 1. The molecule has 162 valence electrons. The van der Waals surface area contributed by atoms with Crippen molar-refractivity contribution in [2.75, 3.05) is 20.2 Å². The van der Waals surface area contributed by atoms with Crippen LogP contribution in [0.15, 0.2) is 48.5 Å². The Morgan fingerprint density at radius 3 is 2.33 bits per heavy atom. The molecule has 0 fully saturated rings. The maximum absolute atomic E-state index is 12.3. The van der Waals surface area contributed by atoms with E-state index in [-0.39, 0.29) is 13.1 Å². The van der Waals surface area contributed by atoms with Gasteiger partial charge in [-0.05, 0) is 49.6 Å². The van der Waals surface area contributed by atoms with Gasteiger partial charge in [-0.2, -0.15) is 0 Å². The first-order valence-corrected chi connectivity index (χ1v) is 10.00. The predicted molar refractivity (Wildman–Crippen MR) is 116 cm³/mol. The van der Waals surface area contributed by atoms with E-state index in [4.69, 9.17) is 16.3 Å². The second-order valence-corrected chi connectivity index (χ2v) is 8.44. The highest BCUT2D eigenvalue weighted by atomic mass is 35.5. The van der Waals surface area contributed by atoms with Crippen molar-refractivity contribution in [2.24, 2.45) is 0 Å². The summed E-state index contributed by atoms with van der Waals surface area (Å²) in [6.45, 7) is 5.58. The number of nitrogens with zero attached hydrogens (tertiary/aromatic N) is 1. The molecule has 0 aliphatic rings. The molecule has 0 aromatic heterocycles. The molecule has 2 aromatic rings. The van der Waals surface area contributed by atoms with E-state index in [1.807, 2.05) is 48.5 Å². The maximum Gasteiger partial charge on any atom is 0.336 e. The summed E-state index contributed by atoms with van der Waals surface area (Å²) in [6, 6.07) is 15.4. The summed E-state index contributed by atoms with van der Waals surface area (Å²) in [5, 5.41) is 10.7. The standard InChI is InChI=1S/C23H28ClNO5/c1-23(2,3)30-21(27)15-25(14-20(26)22(28)29-4)13-16-8-10-17(11-9-16)18-6-5-7-19(24)12-18/h5-12,20,26H,13-15H2,1-4H3/t20-/m0/s1. The SMILES string of the molecule is COC(=O)[C@@H](O)CN(CC(=O)OC(C)(C)C)Cc1ccc(-c2cccc(Cl)c2)cc1. The number of esters is 2. The van der Waals surface area contributed by atoms with E-state index in [9.17, 15) is 14.7 Å². The number of rotatable bonds is 8. The first-order chi connectivity index (χ1) is 14.1. The molecule has 2 aromatic carbocycles. The number of carbonyl (C=O) groups is 2. The fourth-order valence-electron chi connectivity index (χ4n) is 2.93. The van der Waals surface area contributed by atoms with E-state index in [2.05, 4.69) is 4.74 Å². The van der Waals surface area contributed by atoms with E-state index in [1.165, 1.54) is 7.11 Å². The Morgan fingerprint density at radius 1 is 1.10 bits per heavy atom. The van der Waals surface area contributed by atoms with Gasteiger partial charge < -0.3 is 14.6 Å². The molecule has 0 bridgehead atoms. The van der Waals surface area contributed by atoms with Gasteiger partial charge in [-0.3, -0.25) is 9.69 Å². The molecule has 7 heteroatoms. The molecule has 0 aliphatic carbocycles. The highest BCUT2D eigenvalue weighted by molar-refractivity contribution is 6.30. The quantitative estimate of drug-likeness (QED) is 0.640. The molecule has 0 saturated heterocycles. The van der Waals surface area contributed by atoms with E-state index >= 15 is 0 Å². The zero-order chi connectivity index (χ0) is 22.3. The lowest BCUT2D eigenvalue weighted by Crippen LogP contribution is -2.41. The van der Waals surface area contributed by atoms with Crippen LogP contribution in [0.25, 0.3) is 11.1 Å². The summed E-state index contributed by atoms with van der Waals surface area (Å²) in [4.78, 5) is 25.6. The Bertz CT molecular complexity index is 861. The molecule has 1 N–H and O–H groups in total. The van der Waals surface area contributed by atoms with Crippen LogP contribution in [-0.2, 0) is 25.6 Å². The Labute approximate surface area is 182 Å². The smallest absolute Gasteiger partial charge is 0.336 e. The lowest BCUT2D eigenvalue weighted by Gasteiger charge is -2.26. The third kappa shape index (κ3) is 7.78. The molecule has 0 saturated carbocycles. The summed E-state index contributed by atoms with van der Waals surface area (Å²) >= 11 is 6.06. The fraction of sp³-hybridized carbons (Fsp3) is 0.391. The van der Waals surface area contributed by atoms with Gasteiger partial charge in [-0.25, -0.2) is 4.79 Å². The summed E-state index contributed by atoms with van der Waals surface area (Å²) in [5.41, 5.74) is 2.30. The summed E-state index contributed by atoms with van der Waals surface area (Å²) in [7, 11) is 1.21. The van der Waals surface area contributed by atoms with Crippen LogP contribution in [0.4, 0.5) is 0 Å². The Balaban J connectivity index is 2.13. The summed E-state index contributed by atoms with van der Waals surface area (Å²) in [6.07, 6.45) is -1.36. The van der Waals surface area contributed by atoms with Crippen LogP contribution in [-0.4, -0.2) is 53.8 Å². The van der Waals surface area contributed by atoms with Crippen LogP contribution in [0.5, 0.6) is 0 Å². The van der Waals surface area contributed by atoms with E-state index < -0.39 is 23.6 Å². The molecule has 0 aliphatic heterocycles. The number of carbonyl (C=O) groups excluding carboxylic acids is 2. The maximum atomic E-state index is 12.3. The van der Waals surface area contributed by atoms with Gasteiger partial charge in [0.25, 0.3) is 0 Å². The van der Waals surface area contributed by atoms with E-state index in [1.54, 1.807) is 25.7 Å². The minimum absolute atomic E-state index is 0.0536. The van der Waals surface area contributed by atoms with Gasteiger partial charge in [0.05, 0.1) is 13.7 Å². The molecule has 0 radical (unpaired) electrons. The second kappa shape index (κ2) is 10.6. The summed E-state index contributed by atoms with van der Waals surface area (Å²) < 4.78 is 9.95. The lowest BCUT2D eigenvalue weighted by atomic mass is 10.0. The number of hydrogen-bond donors (Lipinski definition) is 1. The highest BCUT2D eigenvalue weighted by Crippen LogP contribution is 2.23. The van der Waals surface area contributed by atoms with Gasteiger partial charge >= 0.3 is 11.9 Å². The Kier molecular flexibility index (Phi) is 8.41. The van der Waals surface area contributed by atoms with Crippen LogP contribution in [0.2, 0.25) is 5.02 Å². The molecule has 1 atom stereocenters. The lowest BCUT2D eigenvalue weighted by molar-refractivity contribution is -0.159. The molecule has 0 heterocycles. The monoisotopic (exact) mass is 433 g/mol. The predicted octanol–water partition coefficient (Wildman–Crippen LogP) is 3.68. The van der Waals surface area contributed by atoms with Gasteiger partial charge in [-0.15, -0.1) is 0 Å². The van der Waals surface area contributed by atoms with Crippen molar-refractivity contribution in [3.8, 4) is 11.1 Å². The zero-order valence-electron chi connectivity index (χ0n) is 17.7. The third-order valence-electron chi connectivity index (χ3n) is 4.20. The molecule has 6 nitrogen and oxygen atoms in total. The van der Waals surface area contributed by atoms with Crippen LogP contribution in [0.3, 0.4) is 0 Å². The topological polar surface area (TPSA) is 76.1 Å². The van der Waals surface area contributed by atoms with E-state index in [0.717, 1.165) is 16.7 Å². The van der Waals surface area contributed by atoms with Crippen LogP contribution >= 0.6 is 11.6 Å². The van der Waals surface area contributed by atoms with Crippen LogP contribution < -0.4 is 0 Å². The van der Waals surface area contributed by atoms with Crippen molar-refractivity contribution in [1.29, 1.82) is 0 Å². The second-order valence-electron chi connectivity index (χ2n) is 8.00. The van der Waals surface area contributed by atoms with E-state index in [0.29, 0.717) is 11.6 Å². The van der Waals surface area contributed by atoms with Gasteiger partial charge in [-0.1, -0.05) is 48.0 Å². The average molecular weight is 434 g/mol. The van der Waals surface area contributed by atoms with Gasteiger partial charge in [0, 0.05) is 18.1 Å². The van der Waals surface area contributed by atoms with Crippen molar-refractivity contribution >= 4 is 23.5 Å². The minimum Gasteiger partial charge on any atom is -0.467 e. The molecule has 0 amide bonds. The molecule has 30 heavy (non-hydrogen) atoms. The van der Waals surface area contributed by atoms with Gasteiger partial charge in [0.15, 0.2) is 6.10 Å². The molecular weight excluding hydrogens is 406 g/mol. The largest absolute Gasteiger partial charge is 0.467 e. The van der Waals surface area contributed by atoms with Gasteiger partial charge in [0.1, 0.15) is 5.60 Å². The van der Waals surface area contributed by atoms with Crippen LogP contribution in [0.1, 0.15) is 26.3 Å². The van der Waals surface area contributed by atoms with Gasteiger partial charge in [0.2, 0.25) is 0 Å². The highest BCUT2D eigenvalue weighted by Gasteiger charge is 2.24. The molecule has 0 spiro atoms. The van der Waals surface area contributed by atoms with Crippen molar-refractivity contribution in [1.82, 2.24) is 4.90 Å². The number of benzene rings is 2. The number of aliphatic hydroxyl groups is 1. The Hall–Kier alpha value is -2.41. The normalized spacial score (nSPS) is 12.5. The molecular formula is C23H28ClNO5. The van der Waals surface area contributed by atoms with Crippen molar-refractivity contribution < 1.29 is 24.2 Å². The first-order valence-electron chi connectivity index (χ1n) is 9.62. The summed E-state index contributed by atoms with van der Waals surface area (Å²) in [5.74, 6) is -1.18. The molecule has 2 rings (SSSR count). The van der Waals surface area contributed by atoms with Crippen molar-refractivity contribution in [2.45, 2.75) is 39.0 Å². The zero-order valence-corrected chi connectivity index (χ0v) is 18.5. The number of hydrogen-bond acceptors (Lipinski definition) is 6. The number of ether oxygens (including phenoxy) is 2. The van der Waals surface area contributed by atoms with Crippen LogP contribution in [0, 0.1) is 0 Å². The Morgan fingerprint density at radius 2 is 1.77 bits per heavy atom. The number of methoxy groups -OCH3 is 1. The van der Waals surface area contributed by atoms with Crippen molar-refractivity contribution in [3.63, 3.8) is 0 Å². The first kappa shape index (κ1) is 23.9. The van der Waals surface area contributed by atoms with Crippen molar-refractivity contribution in [3.05, 3.63) is 59.1 Å². The third-order valence-corrected chi connectivity index (χ3v) is 4.43. The fourth-order valence-corrected chi connectivity index (χ4v) is 3.12. The molecule has 0 unspecified atom stereocenters.